The lowest BCUT2D eigenvalue weighted by atomic mass is 10.3. The second kappa shape index (κ2) is 6.14. The first-order chi connectivity index (χ1) is 8.84. The molecule has 0 saturated carbocycles. The minimum Gasteiger partial charge on any atom is -0.424 e. The van der Waals surface area contributed by atoms with E-state index in [0.717, 1.165) is 18.8 Å². The van der Waals surface area contributed by atoms with Crippen LogP contribution in [0.3, 0.4) is 0 Å². The van der Waals surface area contributed by atoms with Gasteiger partial charge in [0.2, 0.25) is 6.23 Å². The van der Waals surface area contributed by atoms with Gasteiger partial charge in [0.1, 0.15) is 5.69 Å². The third-order valence-electron chi connectivity index (χ3n) is 3.10. The number of carbonyl (C=O) groups excluding carboxylic acids is 1. The van der Waals surface area contributed by atoms with Gasteiger partial charge < -0.3 is 15.0 Å². The Morgan fingerprint density at radius 3 is 2.84 bits per heavy atom. The highest BCUT2D eigenvalue weighted by atomic mass is 35.5. The van der Waals surface area contributed by atoms with Crippen LogP contribution in [0.5, 0.6) is 0 Å². The molecule has 1 unspecified atom stereocenters. The summed E-state index contributed by atoms with van der Waals surface area (Å²) in [6.45, 7) is 3.56. The zero-order valence-electron chi connectivity index (χ0n) is 10.3. The van der Waals surface area contributed by atoms with Crippen LogP contribution in [0.25, 0.3) is 0 Å². The Balaban J connectivity index is 0.00000133. The molecule has 1 fully saturated rings. The summed E-state index contributed by atoms with van der Waals surface area (Å²) in [4.78, 5) is 22.0. The molecule has 19 heavy (non-hydrogen) atoms. The number of carbonyl (C=O) groups is 1. The van der Waals surface area contributed by atoms with Crippen LogP contribution in [0.4, 0.5) is 4.79 Å². The van der Waals surface area contributed by atoms with Gasteiger partial charge in [-0.25, -0.2) is 4.79 Å². The Labute approximate surface area is 117 Å². The number of halogens is 1. The van der Waals surface area contributed by atoms with Crippen molar-refractivity contribution in [1.82, 2.24) is 25.5 Å². The highest BCUT2D eigenvalue weighted by molar-refractivity contribution is 5.85. The molecule has 0 aromatic carbocycles. The number of aromatic nitrogens is 2. The molecule has 1 aromatic rings. The molecule has 0 aliphatic carbocycles. The molecule has 7 nitrogen and oxygen atoms in total. The Hall–Kier alpha value is -1.44. The van der Waals surface area contributed by atoms with Crippen LogP contribution in [0.2, 0.25) is 0 Å². The summed E-state index contributed by atoms with van der Waals surface area (Å²) in [5.74, 6) is 0. The van der Waals surface area contributed by atoms with Gasteiger partial charge in [0.15, 0.2) is 0 Å². The molecule has 1 saturated heterocycles. The van der Waals surface area contributed by atoms with Crippen molar-refractivity contribution >= 4 is 18.5 Å². The van der Waals surface area contributed by atoms with Crippen molar-refractivity contribution in [2.75, 3.05) is 26.2 Å². The highest BCUT2D eigenvalue weighted by Crippen LogP contribution is 2.22. The molecule has 3 rings (SSSR count). The van der Waals surface area contributed by atoms with Gasteiger partial charge in [0.05, 0.1) is 5.69 Å². The summed E-state index contributed by atoms with van der Waals surface area (Å²) in [7, 11) is 0. The molecule has 1 atom stereocenters. The predicted octanol–water partition coefficient (Wildman–Crippen LogP) is 0.0420. The van der Waals surface area contributed by atoms with Gasteiger partial charge in [-0.3, -0.25) is 15.3 Å². The molecule has 2 aliphatic heterocycles. The number of amides is 1. The van der Waals surface area contributed by atoms with Crippen molar-refractivity contribution in [2.45, 2.75) is 12.8 Å². The molecule has 3 heterocycles. The molecule has 2 aliphatic rings. The van der Waals surface area contributed by atoms with Crippen LogP contribution in [0, 0.1) is 0 Å². The fraction of sp³-hybridized carbons (Fsp3) is 0.545. The Bertz CT molecular complexity index is 452. The lowest BCUT2D eigenvalue weighted by molar-refractivity contribution is 0.0469. The van der Waals surface area contributed by atoms with Crippen molar-refractivity contribution in [1.29, 1.82) is 0 Å². The summed E-state index contributed by atoms with van der Waals surface area (Å²) in [5.41, 5.74) is 1.55. The van der Waals surface area contributed by atoms with Crippen molar-refractivity contribution in [3.63, 3.8) is 0 Å². The number of fused-ring (bicyclic) bond motifs is 1. The first-order valence-corrected chi connectivity index (χ1v) is 6.04. The van der Waals surface area contributed by atoms with E-state index in [2.05, 4.69) is 20.6 Å². The summed E-state index contributed by atoms with van der Waals surface area (Å²) < 4.78 is 5.42. The molecule has 104 valence electrons. The topological polar surface area (TPSA) is 79.4 Å². The highest BCUT2D eigenvalue weighted by Gasteiger charge is 2.29. The largest absolute Gasteiger partial charge is 0.424 e. The number of piperazine rings is 1. The van der Waals surface area contributed by atoms with Gasteiger partial charge in [-0.05, 0) is 0 Å². The molecule has 1 amide bonds. The van der Waals surface area contributed by atoms with E-state index in [0.29, 0.717) is 25.3 Å². The smallest absolute Gasteiger partial charge is 0.411 e. The van der Waals surface area contributed by atoms with E-state index in [1.807, 2.05) is 0 Å². The minimum absolute atomic E-state index is 0. The molecule has 2 N–H and O–H groups in total. The zero-order chi connectivity index (χ0) is 12.4. The van der Waals surface area contributed by atoms with Gasteiger partial charge in [0, 0.05) is 45.1 Å². The van der Waals surface area contributed by atoms with Crippen LogP contribution >= 0.6 is 12.4 Å². The van der Waals surface area contributed by atoms with E-state index >= 15 is 0 Å². The lowest BCUT2D eigenvalue weighted by Crippen LogP contribution is -2.47. The van der Waals surface area contributed by atoms with Crippen LogP contribution in [0.1, 0.15) is 17.6 Å². The second-order valence-corrected chi connectivity index (χ2v) is 4.27. The van der Waals surface area contributed by atoms with Crippen LogP contribution in [-0.4, -0.2) is 47.1 Å². The molecule has 1 aromatic heterocycles. The molecular formula is C11H16ClN5O2. The fourth-order valence-electron chi connectivity index (χ4n) is 2.14. The Morgan fingerprint density at radius 1 is 1.32 bits per heavy atom. The van der Waals surface area contributed by atoms with E-state index < -0.39 is 6.23 Å². The van der Waals surface area contributed by atoms with Crippen molar-refractivity contribution in [2.24, 2.45) is 0 Å². The molecule has 0 radical (unpaired) electrons. The third kappa shape index (κ3) is 2.94. The second-order valence-electron chi connectivity index (χ2n) is 4.27. The van der Waals surface area contributed by atoms with Crippen LogP contribution in [-0.2, 0) is 11.3 Å². The number of nitrogens with one attached hydrogen (secondary N) is 2. The normalized spacial score (nSPS) is 21.5. The summed E-state index contributed by atoms with van der Waals surface area (Å²) in [6, 6.07) is 0. The molecule has 8 heteroatoms. The standard InChI is InChI=1S/C11H15N5O2.ClH/c17-11(16-5-3-12-4-6-16)18-10-9-8(7-15-10)13-1-2-14-9;/h1-2,10,12,15H,3-7H2;1H. The van der Waals surface area contributed by atoms with Crippen molar-refractivity contribution in [3.8, 4) is 0 Å². The SMILES string of the molecule is Cl.O=C(OC1NCc2nccnc21)N1CCNCC1. The van der Waals surface area contributed by atoms with Gasteiger partial charge in [-0.1, -0.05) is 0 Å². The predicted molar refractivity (Wildman–Crippen MR) is 69.8 cm³/mol. The van der Waals surface area contributed by atoms with E-state index in [1.54, 1.807) is 17.3 Å². The fourth-order valence-corrected chi connectivity index (χ4v) is 2.14. The maximum absolute atomic E-state index is 12.0. The maximum Gasteiger partial charge on any atom is 0.411 e. The van der Waals surface area contributed by atoms with E-state index in [-0.39, 0.29) is 18.5 Å². The molecule has 0 spiro atoms. The van der Waals surface area contributed by atoms with E-state index in [9.17, 15) is 4.79 Å². The maximum atomic E-state index is 12.0. The number of ether oxygens (including phenoxy) is 1. The monoisotopic (exact) mass is 285 g/mol. The number of hydrogen-bond donors (Lipinski definition) is 2. The minimum atomic E-state index is -0.476. The summed E-state index contributed by atoms with van der Waals surface area (Å²) in [5, 5.41) is 6.27. The van der Waals surface area contributed by atoms with Gasteiger partial charge >= 0.3 is 6.09 Å². The number of rotatable bonds is 1. The molecule has 0 bridgehead atoms. The zero-order valence-corrected chi connectivity index (χ0v) is 11.2. The third-order valence-corrected chi connectivity index (χ3v) is 3.10. The van der Waals surface area contributed by atoms with E-state index in [4.69, 9.17) is 4.74 Å². The first kappa shape index (κ1) is 14.0. The van der Waals surface area contributed by atoms with Gasteiger partial charge in [-0.15, -0.1) is 12.4 Å². The van der Waals surface area contributed by atoms with Crippen molar-refractivity contribution < 1.29 is 9.53 Å². The first-order valence-electron chi connectivity index (χ1n) is 6.04. The lowest BCUT2D eigenvalue weighted by Gasteiger charge is -2.27. The van der Waals surface area contributed by atoms with Gasteiger partial charge in [0.25, 0.3) is 0 Å². The number of hydrogen-bond acceptors (Lipinski definition) is 6. The average Bonchev–Trinajstić information content (AvgIpc) is 2.83. The average molecular weight is 286 g/mol. The van der Waals surface area contributed by atoms with Crippen molar-refractivity contribution in [3.05, 3.63) is 23.8 Å². The van der Waals surface area contributed by atoms with E-state index in [1.165, 1.54) is 0 Å². The summed E-state index contributed by atoms with van der Waals surface area (Å²) in [6.07, 6.45) is 2.47. The van der Waals surface area contributed by atoms with Gasteiger partial charge in [-0.2, -0.15) is 0 Å². The number of nitrogens with zero attached hydrogens (tertiary/aromatic N) is 3. The Kier molecular flexibility index (Phi) is 4.52. The van der Waals surface area contributed by atoms with Crippen LogP contribution < -0.4 is 10.6 Å². The van der Waals surface area contributed by atoms with Crippen LogP contribution in [0.15, 0.2) is 12.4 Å². The molecular weight excluding hydrogens is 270 g/mol. The summed E-state index contributed by atoms with van der Waals surface area (Å²) >= 11 is 0. The quantitative estimate of drug-likeness (QED) is 0.759. The Morgan fingerprint density at radius 2 is 2.05 bits per heavy atom.